The number of alkyl halides is 2. The van der Waals surface area contributed by atoms with Crippen LogP contribution >= 0.6 is 0 Å². The Bertz CT molecular complexity index is 778. The summed E-state index contributed by atoms with van der Waals surface area (Å²) < 4.78 is 28.5. The Morgan fingerprint density at radius 3 is 2.48 bits per heavy atom. The van der Waals surface area contributed by atoms with Crippen molar-refractivity contribution in [3.63, 3.8) is 0 Å². The van der Waals surface area contributed by atoms with Crippen LogP contribution in [0.1, 0.15) is 0 Å². The molecule has 3 aromatic rings. The number of nitrogens with zero attached hydrogens (tertiary/aromatic N) is 3. The number of pyridine rings is 1. The molecule has 0 aliphatic carbocycles. The number of fused-ring (bicyclic) bond motifs is 1. The number of halogens is 2. The standard InChI is InChI=1S/C14H10F2N4O/c15-14(16)21-9-3-1-8(2-4-9)10-7-11-12(13(17)20-10)19-6-5-18-11/h1-7,14H,(H2,17,20). The highest BCUT2D eigenvalue weighted by Crippen LogP contribution is 2.25. The quantitative estimate of drug-likeness (QED) is 0.802. The van der Waals surface area contributed by atoms with E-state index in [4.69, 9.17) is 5.73 Å². The van der Waals surface area contributed by atoms with E-state index in [9.17, 15) is 8.78 Å². The van der Waals surface area contributed by atoms with Gasteiger partial charge in [-0.15, -0.1) is 0 Å². The lowest BCUT2D eigenvalue weighted by atomic mass is 10.1. The summed E-state index contributed by atoms with van der Waals surface area (Å²) in [6.07, 6.45) is 3.10. The van der Waals surface area contributed by atoms with Crippen molar-refractivity contribution in [3.8, 4) is 17.0 Å². The molecular weight excluding hydrogens is 278 g/mol. The molecule has 0 saturated carbocycles. The van der Waals surface area contributed by atoms with Crippen LogP contribution in [0.4, 0.5) is 14.6 Å². The van der Waals surface area contributed by atoms with Crippen LogP contribution in [0, 0.1) is 0 Å². The van der Waals surface area contributed by atoms with Gasteiger partial charge in [0.25, 0.3) is 0 Å². The van der Waals surface area contributed by atoms with E-state index in [1.54, 1.807) is 24.4 Å². The summed E-state index contributed by atoms with van der Waals surface area (Å²) in [5.74, 6) is 0.353. The third kappa shape index (κ3) is 2.71. The number of nitrogens with two attached hydrogens (primary N) is 1. The highest BCUT2D eigenvalue weighted by Gasteiger charge is 2.08. The third-order valence-electron chi connectivity index (χ3n) is 2.86. The maximum atomic E-state index is 12.1. The van der Waals surface area contributed by atoms with Gasteiger partial charge in [-0.1, -0.05) is 0 Å². The third-order valence-corrected chi connectivity index (χ3v) is 2.86. The van der Waals surface area contributed by atoms with Crippen LogP contribution in [0.5, 0.6) is 5.75 Å². The first-order valence-electron chi connectivity index (χ1n) is 6.06. The Kier molecular flexibility index (Phi) is 3.31. The Morgan fingerprint density at radius 1 is 1.05 bits per heavy atom. The maximum Gasteiger partial charge on any atom is 0.387 e. The molecule has 3 rings (SSSR count). The molecule has 0 aliphatic heterocycles. The highest BCUT2D eigenvalue weighted by atomic mass is 19.3. The van der Waals surface area contributed by atoms with E-state index in [0.29, 0.717) is 16.7 Å². The molecule has 0 unspecified atom stereocenters. The van der Waals surface area contributed by atoms with Crippen molar-refractivity contribution < 1.29 is 13.5 Å². The van der Waals surface area contributed by atoms with Crippen LogP contribution in [-0.4, -0.2) is 21.6 Å². The molecule has 0 aliphatic rings. The van der Waals surface area contributed by atoms with Gasteiger partial charge in [0.2, 0.25) is 0 Å². The minimum Gasteiger partial charge on any atom is -0.435 e. The molecule has 0 bridgehead atoms. The molecule has 0 saturated heterocycles. The number of benzene rings is 1. The predicted octanol–water partition coefficient (Wildman–Crippen LogP) is 2.88. The lowest BCUT2D eigenvalue weighted by molar-refractivity contribution is -0.0498. The number of nitrogen functional groups attached to an aromatic ring is 1. The van der Waals surface area contributed by atoms with Crippen molar-refractivity contribution in [2.24, 2.45) is 0 Å². The lowest BCUT2D eigenvalue weighted by Gasteiger charge is -2.07. The van der Waals surface area contributed by atoms with Crippen molar-refractivity contribution in [1.82, 2.24) is 15.0 Å². The van der Waals surface area contributed by atoms with Crippen molar-refractivity contribution in [1.29, 1.82) is 0 Å². The van der Waals surface area contributed by atoms with Crippen LogP contribution in [0.2, 0.25) is 0 Å². The van der Waals surface area contributed by atoms with Crippen molar-refractivity contribution >= 4 is 16.9 Å². The lowest BCUT2D eigenvalue weighted by Crippen LogP contribution is -2.01. The van der Waals surface area contributed by atoms with Gasteiger partial charge in [-0.2, -0.15) is 8.78 Å². The smallest absolute Gasteiger partial charge is 0.387 e. The number of hydrogen-bond acceptors (Lipinski definition) is 5. The molecule has 0 radical (unpaired) electrons. The predicted molar refractivity (Wildman–Crippen MR) is 73.8 cm³/mol. The van der Waals surface area contributed by atoms with Crippen LogP contribution in [0.15, 0.2) is 42.7 Å². The second kappa shape index (κ2) is 5.28. The molecule has 0 atom stereocenters. The van der Waals surface area contributed by atoms with E-state index >= 15 is 0 Å². The van der Waals surface area contributed by atoms with E-state index < -0.39 is 6.61 Å². The molecule has 0 amide bonds. The summed E-state index contributed by atoms with van der Waals surface area (Å²) in [7, 11) is 0. The molecule has 2 aromatic heterocycles. The van der Waals surface area contributed by atoms with Gasteiger partial charge < -0.3 is 10.5 Å². The van der Waals surface area contributed by atoms with Crippen LogP contribution in [0.25, 0.3) is 22.3 Å². The summed E-state index contributed by atoms with van der Waals surface area (Å²) in [5.41, 5.74) is 8.30. The molecule has 1 aromatic carbocycles. The summed E-state index contributed by atoms with van der Waals surface area (Å²) in [4.78, 5) is 12.5. The zero-order valence-electron chi connectivity index (χ0n) is 10.7. The number of anilines is 1. The maximum absolute atomic E-state index is 12.1. The van der Waals surface area contributed by atoms with Crippen LogP contribution in [0.3, 0.4) is 0 Å². The zero-order valence-corrected chi connectivity index (χ0v) is 10.7. The topological polar surface area (TPSA) is 73.9 Å². The molecule has 106 valence electrons. The first-order valence-corrected chi connectivity index (χ1v) is 6.06. The Balaban J connectivity index is 2.00. The largest absolute Gasteiger partial charge is 0.435 e. The molecule has 2 heterocycles. The first-order chi connectivity index (χ1) is 10.1. The Morgan fingerprint density at radius 2 is 1.76 bits per heavy atom. The average Bonchev–Trinajstić information content (AvgIpc) is 2.47. The van der Waals surface area contributed by atoms with Gasteiger partial charge in [0.15, 0.2) is 5.82 Å². The molecule has 0 fully saturated rings. The molecule has 5 nitrogen and oxygen atoms in total. The first kappa shape index (κ1) is 13.2. The fraction of sp³-hybridized carbons (Fsp3) is 0.0714. The van der Waals surface area contributed by atoms with Gasteiger partial charge in [-0.3, -0.25) is 4.98 Å². The second-order valence-electron chi connectivity index (χ2n) is 4.22. The minimum atomic E-state index is -2.85. The SMILES string of the molecule is Nc1nc(-c2ccc(OC(F)F)cc2)cc2nccnc12. The van der Waals surface area contributed by atoms with E-state index in [-0.39, 0.29) is 11.6 Å². The molecular formula is C14H10F2N4O. The van der Waals surface area contributed by atoms with E-state index in [1.807, 2.05) is 0 Å². The Hall–Kier alpha value is -2.83. The van der Waals surface area contributed by atoms with Crippen LogP contribution < -0.4 is 10.5 Å². The number of rotatable bonds is 3. The average molecular weight is 288 g/mol. The van der Waals surface area contributed by atoms with Crippen LogP contribution in [-0.2, 0) is 0 Å². The molecule has 0 spiro atoms. The molecule has 21 heavy (non-hydrogen) atoms. The normalized spacial score (nSPS) is 11.0. The van der Waals surface area contributed by atoms with E-state index in [0.717, 1.165) is 5.56 Å². The Labute approximate surface area is 118 Å². The van der Waals surface area contributed by atoms with Crippen molar-refractivity contribution in [2.75, 3.05) is 5.73 Å². The summed E-state index contributed by atoms with van der Waals surface area (Å²) in [5, 5.41) is 0. The number of aromatic nitrogens is 3. The number of ether oxygens (including phenoxy) is 1. The fourth-order valence-electron chi connectivity index (χ4n) is 1.95. The second-order valence-corrected chi connectivity index (χ2v) is 4.22. The van der Waals surface area contributed by atoms with E-state index in [1.165, 1.54) is 18.3 Å². The molecule has 7 heteroatoms. The van der Waals surface area contributed by atoms with Gasteiger partial charge in [-0.05, 0) is 30.3 Å². The van der Waals surface area contributed by atoms with Gasteiger partial charge >= 0.3 is 6.61 Å². The fourth-order valence-corrected chi connectivity index (χ4v) is 1.95. The van der Waals surface area contributed by atoms with Gasteiger partial charge in [0.05, 0.1) is 11.2 Å². The zero-order chi connectivity index (χ0) is 14.8. The number of hydrogen-bond donors (Lipinski definition) is 1. The summed E-state index contributed by atoms with van der Waals surface area (Å²) in [6.45, 7) is -2.85. The monoisotopic (exact) mass is 288 g/mol. The summed E-state index contributed by atoms with van der Waals surface area (Å²) in [6, 6.07) is 7.88. The van der Waals surface area contributed by atoms with Gasteiger partial charge in [-0.25, -0.2) is 9.97 Å². The van der Waals surface area contributed by atoms with Crippen molar-refractivity contribution in [2.45, 2.75) is 6.61 Å². The van der Waals surface area contributed by atoms with E-state index in [2.05, 4.69) is 19.7 Å². The minimum absolute atomic E-state index is 0.0855. The molecule has 2 N–H and O–H groups in total. The van der Waals surface area contributed by atoms with Gasteiger partial charge in [0, 0.05) is 18.0 Å². The summed E-state index contributed by atoms with van der Waals surface area (Å²) >= 11 is 0. The van der Waals surface area contributed by atoms with Gasteiger partial charge in [0.1, 0.15) is 11.3 Å². The van der Waals surface area contributed by atoms with Crippen molar-refractivity contribution in [3.05, 3.63) is 42.7 Å². The highest BCUT2D eigenvalue weighted by molar-refractivity contribution is 5.87.